The number of ether oxygens (including phenoxy) is 6. The Morgan fingerprint density at radius 2 is 1.23 bits per heavy atom. The van der Waals surface area contributed by atoms with Crippen LogP contribution in [0.1, 0.15) is 18.1 Å². The van der Waals surface area contributed by atoms with Gasteiger partial charge in [0.2, 0.25) is 0 Å². The summed E-state index contributed by atoms with van der Waals surface area (Å²) >= 11 is 0. The number of allylic oxidation sites excluding steroid dienone is 2. The summed E-state index contributed by atoms with van der Waals surface area (Å²) in [5.74, 6) is 2.04. The highest BCUT2D eigenvalue weighted by Crippen LogP contribution is 2.37. The smallest absolute Gasteiger partial charge is 0.305 e. The average Bonchev–Trinajstić information content (AvgIpc) is 2.78. The van der Waals surface area contributed by atoms with Crippen LogP contribution >= 0.6 is 0 Å². The third kappa shape index (κ3) is 4.68. The van der Waals surface area contributed by atoms with Gasteiger partial charge >= 0.3 is 5.97 Å². The van der Waals surface area contributed by atoms with E-state index in [1.54, 1.807) is 46.8 Å². The molecule has 0 aromatic heterocycles. The van der Waals surface area contributed by atoms with E-state index in [2.05, 4.69) is 0 Å². The monoisotopic (exact) mass is 412 g/mol. The Labute approximate surface area is 175 Å². The van der Waals surface area contributed by atoms with Gasteiger partial charge in [0, 0.05) is 30.2 Å². The van der Waals surface area contributed by atoms with E-state index < -0.39 is 12.3 Å². The number of rotatable bonds is 7. The quantitative estimate of drug-likeness (QED) is 0.635. The topological polar surface area (TPSA) is 72.5 Å². The zero-order chi connectivity index (χ0) is 21.7. The molecule has 0 bridgehead atoms. The highest BCUT2D eigenvalue weighted by atomic mass is 16.7. The number of carbonyl (C=O) groups excluding carboxylic acids is 1. The van der Waals surface area contributed by atoms with Crippen LogP contribution in [0.15, 0.2) is 48.7 Å². The van der Waals surface area contributed by atoms with Crippen molar-refractivity contribution < 1.29 is 33.2 Å². The van der Waals surface area contributed by atoms with Crippen LogP contribution in [0.4, 0.5) is 0 Å². The molecule has 1 aliphatic rings. The zero-order valence-corrected chi connectivity index (χ0v) is 17.6. The maximum Gasteiger partial charge on any atom is 0.305 e. The summed E-state index contributed by atoms with van der Waals surface area (Å²) in [4.78, 5) is 11.6. The van der Waals surface area contributed by atoms with Crippen LogP contribution in [-0.2, 0) is 14.3 Å². The fourth-order valence-corrected chi connectivity index (χ4v) is 3.04. The molecule has 1 atom stereocenters. The van der Waals surface area contributed by atoms with Crippen LogP contribution in [0.3, 0.4) is 0 Å². The van der Waals surface area contributed by atoms with Crippen LogP contribution in [0, 0.1) is 0 Å². The van der Waals surface area contributed by atoms with Crippen molar-refractivity contribution in [2.45, 2.75) is 13.2 Å². The first-order chi connectivity index (χ1) is 14.5. The number of hydrogen-bond acceptors (Lipinski definition) is 7. The van der Waals surface area contributed by atoms with Gasteiger partial charge in [-0.1, -0.05) is 0 Å². The minimum absolute atomic E-state index is 0.458. The standard InChI is InChI=1S/C23H24O7/c1-14(24)30-23-22(16-8-20(27-4)12-21(9-16)28-5)10-17(13-29-23)15-6-18(25-2)11-19(7-15)26-3/h6-13,23H,1-5H3. The minimum Gasteiger partial charge on any atom is -0.497 e. The Kier molecular flexibility index (Phi) is 6.51. The van der Waals surface area contributed by atoms with Crippen LogP contribution in [0.25, 0.3) is 11.1 Å². The third-order valence-corrected chi connectivity index (χ3v) is 4.53. The third-order valence-electron chi connectivity index (χ3n) is 4.53. The summed E-state index contributed by atoms with van der Waals surface area (Å²) in [5.41, 5.74) is 2.95. The maximum atomic E-state index is 11.6. The van der Waals surface area contributed by atoms with Crippen molar-refractivity contribution in [3.63, 3.8) is 0 Å². The summed E-state index contributed by atoms with van der Waals surface area (Å²) in [7, 11) is 6.32. The molecular formula is C23H24O7. The van der Waals surface area contributed by atoms with Gasteiger partial charge in [-0.05, 0) is 41.5 Å². The maximum absolute atomic E-state index is 11.6. The second-order valence-electron chi connectivity index (χ2n) is 6.45. The lowest BCUT2D eigenvalue weighted by atomic mass is 9.97. The minimum atomic E-state index is -0.907. The molecule has 30 heavy (non-hydrogen) atoms. The number of methoxy groups -OCH3 is 4. The predicted molar refractivity (Wildman–Crippen MR) is 112 cm³/mol. The SMILES string of the molecule is COc1cc(OC)cc(C2=COC(OC(C)=O)C(c3cc(OC)cc(OC)c3)=C2)c1. The lowest BCUT2D eigenvalue weighted by Crippen LogP contribution is -2.22. The van der Waals surface area contributed by atoms with E-state index in [0.29, 0.717) is 28.6 Å². The van der Waals surface area contributed by atoms with Gasteiger partial charge < -0.3 is 28.4 Å². The van der Waals surface area contributed by atoms with E-state index in [-0.39, 0.29) is 0 Å². The molecule has 7 heteroatoms. The molecule has 0 spiro atoms. The average molecular weight is 412 g/mol. The molecule has 0 saturated carbocycles. The summed E-state index contributed by atoms with van der Waals surface area (Å²) in [6.45, 7) is 1.33. The second kappa shape index (κ2) is 9.26. The molecule has 2 aromatic carbocycles. The van der Waals surface area contributed by atoms with Crippen molar-refractivity contribution in [1.82, 2.24) is 0 Å². The van der Waals surface area contributed by atoms with Crippen LogP contribution in [0.2, 0.25) is 0 Å². The fraction of sp³-hybridized carbons (Fsp3) is 0.261. The van der Waals surface area contributed by atoms with Crippen LogP contribution < -0.4 is 18.9 Å². The molecule has 0 radical (unpaired) electrons. The molecule has 7 nitrogen and oxygen atoms in total. The molecule has 2 aromatic rings. The van der Waals surface area contributed by atoms with E-state index in [4.69, 9.17) is 28.4 Å². The van der Waals surface area contributed by atoms with E-state index >= 15 is 0 Å². The number of carbonyl (C=O) groups is 1. The van der Waals surface area contributed by atoms with E-state index in [0.717, 1.165) is 16.7 Å². The van der Waals surface area contributed by atoms with Crippen molar-refractivity contribution in [3.8, 4) is 23.0 Å². The van der Waals surface area contributed by atoms with Crippen molar-refractivity contribution in [3.05, 3.63) is 59.9 Å². The van der Waals surface area contributed by atoms with E-state index in [1.807, 2.05) is 30.3 Å². The highest BCUT2D eigenvalue weighted by molar-refractivity contribution is 5.87. The molecule has 0 amide bonds. The van der Waals surface area contributed by atoms with Gasteiger partial charge in [0.15, 0.2) is 0 Å². The summed E-state index contributed by atoms with van der Waals surface area (Å²) in [6.07, 6.45) is 2.53. The molecule has 158 valence electrons. The highest BCUT2D eigenvalue weighted by Gasteiger charge is 2.25. The Morgan fingerprint density at radius 3 is 1.67 bits per heavy atom. The van der Waals surface area contributed by atoms with Crippen molar-refractivity contribution in [2.24, 2.45) is 0 Å². The van der Waals surface area contributed by atoms with Crippen molar-refractivity contribution in [2.75, 3.05) is 28.4 Å². The molecule has 0 fully saturated rings. The second-order valence-corrected chi connectivity index (χ2v) is 6.45. The summed E-state index contributed by atoms with van der Waals surface area (Å²) in [5, 5.41) is 0. The molecule has 3 rings (SSSR count). The number of hydrogen-bond donors (Lipinski definition) is 0. The Morgan fingerprint density at radius 1 is 0.767 bits per heavy atom. The van der Waals surface area contributed by atoms with Gasteiger partial charge in [0.25, 0.3) is 6.29 Å². The van der Waals surface area contributed by atoms with Crippen molar-refractivity contribution >= 4 is 17.1 Å². The lowest BCUT2D eigenvalue weighted by molar-refractivity contribution is -0.157. The van der Waals surface area contributed by atoms with Gasteiger partial charge in [-0.2, -0.15) is 0 Å². The molecule has 0 aliphatic carbocycles. The summed E-state index contributed by atoms with van der Waals surface area (Å²) in [6, 6.07) is 10.9. The van der Waals surface area contributed by atoms with E-state index in [1.165, 1.54) is 6.92 Å². The number of benzene rings is 2. The molecule has 1 unspecified atom stereocenters. The zero-order valence-electron chi connectivity index (χ0n) is 17.6. The normalized spacial score (nSPS) is 15.3. The van der Waals surface area contributed by atoms with Gasteiger partial charge in [-0.25, -0.2) is 0 Å². The van der Waals surface area contributed by atoms with Crippen LogP contribution in [-0.4, -0.2) is 40.7 Å². The summed E-state index contributed by atoms with van der Waals surface area (Å²) < 4.78 is 32.6. The molecule has 1 heterocycles. The van der Waals surface area contributed by atoms with Gasteiger partial charge in [0.1, 0.15) is 23.0 Å². The first-order valence-electron chi connectivity index (χ1n) is 9.18. The Hall–Kier alpha value is -3.61. The van der Waals surface area contributed by atoms with Gasteiger partial charge in [-0.3, -0.25) is 4.79 Å². The van der Waals surface area contributed by atoms with E-state index in [9.17, 15) is 4.79 Å². The van der Waals surface area contributed by atoms with Crippen LogP contribution in [0.5, 0.6) is 23.0 Å². The molecule has 0 saturated heterocycles. The number of esters is 1. The lowest BCUT2D eigenvalue weighted by Gasteiger charge is -2.25. The molecule has 1 aliphatic heterocycles. The largest absolute Gasteiger partial charge is 0.497 e. The Bertz CT molecular complexity index is 947. The first-order valence-corrected chi connectivity index (χ1v) is 9.18. The first kappa shape index (κ1) is 21.1. The fourth-order valence-electron chi connectivity index (χ4n) is 3.04. The molecular weight excluding hydrogens is 388 g/mol. The van der Waals surface area contributed by atoms with Gasteiger partial charge in [0.05, 0.1) is 34.7 Å². The van der Waals surface area contributed by atoms with Gasteiger partial charge in [-0.15, -0.1) is 0 Å². The van der Waals surface area contributed by atoms with Crippen molar-refractivity contribution in [1.29, 1.82) is 0 Å². The predicted octanol–water partition coefficient (Wildman–Crippen LogP) is 4.06. The molecule has 0 N–H and O–H groups in total. The Balaban J connectivity index is 2.10.